The summed E-state index contributed by atoms with van der Waals surface area (Å²) in [5.74, 6) is 0. The Hall–Kier alpha value is -3.32. The van der Waals surface area contributed by atoms with E-state index in [0.717, 1.165) is 11.4 Å². The van der Waals surface area contributed by atoms with Gasteiger partial charge in [0, 0.05) is 16.8 Å². The fraction of sp³-hybridized carbons (Fsp3) is 0.143. The van der Waals surface area contributed by atoms with Crippen LogP contribution >= 0.6 is 0 Å². The quantitative estimate of drug-likeness (QED) is 0.386. The topological polar surface area (TPSA) is 12.0 Å². The van der Waals surface area contributed by atoms with Gasteiger partial charge >= 0.3 is 0 Å². The number of fused-ring (bicyclic) bond motifs is 3. The minimum Gasteiger partial charge on any atom is -0.356 e. The number of hydrogen-bond donors (Lipinski definition) is 1. The Morgan fingerprint density at radius 2 is 1.31 bits per heavy atom. The Labute approximate surface area is 173 Å². The van der Waals surface area contributed by atoms with Gasteiger partial charge in [-0.2, -0.15) is 0 Å². The van der Waals surface area contributed by atoms with Crippen molar-refractivity contribution in [2.24, 2.45) is 0 Å². The van der Waals surface area contributed by atoms with Crippen molar-refractivity contribution in [3.63, 3.8) is 0 Å². The van der Waals surface area contributed by atoms with Crippen molar-refractivity contribution in [2.45, 2.75) is 26.2 Å². The highest BCUT2D eigenvalue weighted by atomic mass is 14.9. The van der Waals surface area contributed by atoms with E-state index in [1.54, 1.807) is 0 Å². The summed E-state index contributed by atoms with van der Waals surface area (Å²) in [6, 6.07) is 32.6. The lowest BCUT2D eigenvalue weighted by atomic mass is 9.82. The lowest BCUT2D eigenvalue weighted by Crippen LogP contribution is -2.14. The highest BCUT2D eigenvalue weighted by Crippen LogP contribution is 2.50. The van der Waals surface area contributed by atoms with Gasteiger partial charge in [-0.1, -0.05) is 80.6 Å². The first-order valence-electron chi connectivity index (χ1n) is 10.2. The van der Waals surface area contributed by atoms with Crippen LogP contribution < -0.4 is 5.32 Å². The van der Waals surface area contributed by atoms with Crippen LogP contribution in [0.2, 0.25) is 0 Å². The molecule has 0 unspecified atom stereocenters. The largest absolute Gasteiger partial charge is 0.356 e. The van der Waals surface area contributed by atoms with Gasteiger partial charge in [-0.05, 0) is 70.1 Å². The van der Waals surface area contributed by atoms with Crippen molar-refractivity contribution in [2.75, 3.05) is 5.32 Å². The SMILES string of the molecule is Cc1cccc2c1-c1cc(Nc3ccc(-c4ccccc4)cc3)ccc1C2(C)C. The summed E-state index contributed by atoms with van der Waals surface area (Å²) in [5, 5.41) is 3.59. The first-order valence-corrected chi connectivity index (χ1v) is 10.2. The monoisotopic (exact) mass is 375 g/mol. The standard InChI is InChI=1S/C28H25N/c1-19-8-7-11-26-27(19)24-18-23(16-17-25(24)28(26,2)3)29-22-14-12-21(13-15-22)20-9-5-4-6-10-20/h4-18,29H,1-3H3. The van der Waals surface area contributed by atoms with Gasteiger partial charge in [-0.3, -0.25) is 0 Å². The van der Waals surface area contributed by atoms with Gasteiger partial charge in [0.15, 0.2) is 0 Å². The third-order valence-electron chi connectivity index (χ3n) is 6.19. The van der Waals surface area contributed by atoms with Crippen molar-refractivity contribution in [3.05, 3.63) is 108 Å². The summed E-state index contributed by atoms with van der Waals surface area (Å²) in [5.41, 5.74) is 11.7. The van der Waals surface area contributed by atoms with E-state index >= 15 is 0 Å². The van der Waals surface area contributed by atoms with E-state index in [1.165, 1.54) is 38.9 Å². The molecule has 0 bridgehead atoms. The molecule has 1 aliphatic rings. The lowest BCUT2D eigenvalue weighted by molar-refractivity contribution is 0.660. The fourth-order valence-electron chi connectivity index (χ4n) is 4.61. The lowest BCUT2D eigenvalue weighted by Gasteiger charge is -2.21. The van der Waals surface area contributed by atoms with Crippen LogP contribution in [0.3, 0.4) is 0 Å². The van der Waals surface area contributed by atoms with Crippen LogP contribution in [0.15, 0.2) is 91.0 Å². The highest BCUT2D eigenvalue weighted by molar-refractivity contribution is 5.85. The molecule has 0 fully saturated rings. The molecule has 0 saturated heterocycles. The molecule has 0 saturated carbocycles. The average Bonchev–Trinajstić information content (AvgIpc) is 2.97. The molecular weight excluding hydrogens is 350 g/mol. The number of hydrogen-bond acceptors (Lipinski definition) is 1. The minimum absolute atomic E-state index is 0.0482. The van der Waals surface area contributed by atoms with Crippen molar-refractivity contribution < 1.29 is 0 Å². The van der Waals surface area contributed by atoms with Crippen LogP contribution in [0, 0.1) is 6.92 Å². The maximum Gasteiger partial charge on any atom is 0.0390 e. The average molecular weight is 376 g/mol. The van der Waals surface area contributed by atoms with Gasteiger partial charge in [0.05, 0.1) is 0 Å². The molecule has 0 radical (unpaired) electrons. The Morgan fingerprint density at radius 1 is 0.621 bits per heavy atom. The van der Waals surface area contributed by atoms with Gasteiger partial charge in [0.25, 0.3) is 0 Å². The van der Waals surface area contributed by atoms with E-state index in [0.29, 0.717) is 0 Å². The molecule has 0 spiro atoms. The Morgan fingerprint density at radius 3 is 2.07 bits per heavy atom. The molecule has 142 valence electrons. The van der Waals surface area contributed by atoms with Gasteiger partial charge in [0.1, 0.15) is 0 Å². The summed E-state index contributed by atoms with van der Waals surface area (Å²) in [6.07, 6.45) is 0. The summed E-state index contributed by atoms with van der Waals surface area (Å²) in [6.45, 7) is 6.87. The zero-order valence-electron chi connectivity index (χ0n) is 17.2. The molecule has 4 aromatic carbocycles. The van der Waals surface area contributed by atoms with Gasteiger partial charge in [0.2, 0.25) is 0 Å². The summed E-state index contributed by atoms with van der Waals surface area (Å²) >= 11 is 0. The third kappa shape index (κ3) is 2.94. The fourth-order valence-corrected chi connectivity index (χ4v) is 4.61. The molecule has 1 aliphatic carbocycles. The summed E-state index contributed by atoms with van der Waals surface area (Å²) < 4.78 is 0. The molecule has 0 atom stereocenters. The smallest absolute Gasteiger partial charge is 0.0390 e. The van der Waals surface area contributed by atoms with E-state index in [1.807, 2.05) is 0 Å². The molecule has 5 rings (SSSR count). The van der Waals surface area contributed by atoms with Crippen LogP contribution in [0.5, 0.6) is 0 Å². The van der Waals surface area contributed by atoms with E-state index in [-0.39, 0.29) is 5.41 Å². The Balaban J connectivity index is 1.48. The van der Waals surface area contributed by atoms with Crippen molar-refractivity contribution >= 4 is 11.4 Å². The molecule has 1 heteroatoms. The molecule has 1 nitrogen and oxygen atoms in total. The minimum atomic E-state index is 0.0482. The number of anilines is 2. The van der Waals surface area contributed by atoms with Crippen molar-refractivity contribution in [1.29, 1.82) is 0 Å². The molecule has 4 aromatic rings. The first-order chi connectivity index (χ1) is 14.0. The predicted molar refractivity (Wildman–Crippen MR) is 124 cm³/mol. The normalized spacial score (nSPS) is 13.6. The van der Waals surface area contributed by atoms with Crippen LogP contribution in [0.25, 0.3) is 22.3 Å². The molecule has 0 heterocycles. The molecule has 0 aliphatic heterocycles. The van der Waals surface area contributed by atoms with Crippen molar-refractivity contribution in [1.82, 2.24) is 0 Å². The van der Waals surface area contributed by atoms with Gasteiger partial charge in [-0.25, -0.2) is 0 Å². The van der Waals surface area contributed by atoms with Crippen LogP contribution in [0.1, 0.15) is 30.5 Å². The van der Waals surface area contributed by atoms with Gasteiger partial charge < -0.3 is 5.32 Å². The zero-order chi connectivity index (χ0) is 20.0. The second-order valence-corrected chi connectivity index (χ2v) is 8.45. The highest BCUT2D eigenvalue weighted by Gasteiger charge is 2.36. The van der Waals surface area contributed by atoms with E-state index in [2.05, 4.69) is 117 Å². The van der Waals surface area contributed by atoms with Crippen LogP contribution in [-0.2, 0) is 5.41 Å². The zero-order valence-corrected chi connectivity index (χ0v) is 17.2. The number of rotatable bonds is 3. The molecule has 0 amide bonds. The molecule has 0 aromatic heterocycles. The van der Waals surface area contributed by atoms with E-state index in [4.69, 9.17) is 0 Å². The molecule has 29 heavy (non-hydrogen) atoms. The van der Waals surface area contributed by atoms with Gasteiger partial charge in [-0.15, -0.1) is 0 Å². The Bertz CT molecular complexity index is 1180. The number of nitrogens with one attached hydrogen (secondary N) is 1. The predicted octanol–water partition coefficient (Wildman–Crippen LogP) is 7.71. The van der Waals surface area contributed by atoms with E-state index < -0.39 is 0 Å². The maximum absolute atomic E-state index is 3.59. The first kappa shape index (κ1) is 17.8. The number of benzene rings is 4. The Kier molecular flexibility index (Phi) is 4.06. The van der Waals surface area contributed by atoms with Crippen molar-refractivity contribution in [3.8, 4) is 22.3 Å². The second-order valence-electron chi connectivity index (χ2n) is 8.45. The van der Waals surface area contributed by atoms with Crippen LogP contribution in [0.4, 0.5) is 11.4 Å². The van der Waals surface area contributed by atoms with E-state index in [9.17, 15) is 0 Å². The second kappa shape index (κ2) is 6.63. The molecule has 1 N–H and O–H groups in total. The summed E-state index contributed by atoms with van der Waals surface area (Å²) in [4.78, 5) is 0. The maximum atomic E-state index is 3.59. The summed E-state index contributed by atoms with van der Waals surface area (Å²) in [7, 11) is 0. The molecular formula is C28H25N. The number of aryl methyl sites for hydroxylation is 1. The third-order valence-corrected chi connectivity index (χ3v) is 6.19. The van der Waals surface area contributed by atoms with Crippen LogP contribution in [-0.4, -0.2) is 0 Å².